The van der Waals surface area contributed by atoms with E-state index in [1.54, 1.807) is 0 Å². The van der Waals surface area contributed by atoms with E-state index < -0.39 is 0 Å². The molecule has 2 heteroatoms. The summed E-state index contributed by atoms with van der Waals surface area (Å²) in [5, 5.41) is 0. The molecule has 0 aliphatic carbocycles. The molecule has 0 amide bonds. The fraction of sp³-hybridized carbons (Fsp3) is 0.133. The van der Waals surface area contributed by atoms with Crippen molar-refractivity contribution in [3.63, 3.8) is 0 Å². The van der Waals surface area contributed by atoms with Gasteiger partial charge in [0.05, 0.1) is 12.0 Å². The topological polar surface area (TPSA) is 28.1 Å². The van der Waals surface area contributed by atoms with Gasteiger partial charge in [-0.05, 0) is 23.8 Å². The molecule has 0 saturated carbocycles. The number of aromatic amines is 1. The summed E-state index contributed by atoms with van der Waals surface area (Å²) in [6, 6.07) is 14.9. The van der Waals surface area contributed by atoms with Crippen molar-refractivity contribution in [2.24, 2.45) is 4.99 Å². The third-order valence-corrected chi connectivity index (χ3v) is 3.11. The summed E-state index contributed by atoms with van der Waals surface area (Å²) in [6.45, 7) is 0. The molecule has 17 heavy (non-hydrogen) atoms. The van der Waals surface area contributed by atoms with Crippen LogP contribution in [-0.2, 0) is 0 Å². The third kappa shape index (κ3) is 1.94. The van der Waals surface area contributed by atoms with E-state index in [4.69, 9.17) is 0 Å². The average Bonchev–Trinajstić information content (AvgIpc) is 3.04. The fourth-order valence-corrected chi connectivity index (χ4v) is 2.32. The molecule has 2 heterocycles. The van der Waals surface area contributed by atoms with Crippen molar-refractivity contribution in [1.82, 2.24) is 4.98 Å². The second kappa shape index (κ2) is 4.42. The zero-order chi connectivity index (χ0) is 11.5. The van der Waals surface area contributed by atoms with Crippen LogP contribution in [-0.4, -0.2) is 17.2 Å². The number of benzene rings is 1. The Balaban J connectivity index is 2.03. The molecular formula is C15H14N2. The lowest BCUT2D eigenvalue weighted by atomic mass is 9.89. The summed E-state index contributed by atoms with van der Waals surface area (Å²) >= 11 is 0. The van der Waals surface area contributed by atoms with Crippen molar-refractivity contribution in [2.45, 2.75) is 12.0 Å². The van der Waals surface area contributed by atoms with Crippen LogP contribution in [0.5, 0.6) is 0 Å². The lowest BCUT2D eigenvalue weighted by Crippen LogP contribution is -2.14. The van der Waals surface area contributed by atoms with Crippen molar-refractivity contribution in [2.75, 3.05) is 0 Å². The molecule has 1 aromatic carbocycles. The highest BCUT2D eigenvalue weighted by atomic mass is 14.8. The number of H-pyrrole nitrogens is 1. The number of hydrogen-bond donors (Lipinski definition) is 1. The molecule has 2 unspecified atom stereocenters. The Kier molecular flexibility index (Phi) is 2.62. The van der Waals surface area contributed by atoms with Crippen LogP contribution in [0.2, 0.25) is 0 Å². The van der Waals surface area contributed by atoms with Crippen LogP contribution < -0.4 is 0 Å². The molecule has 3 rings (SSSR count). The lowest BCUT2D eigenvalue weighted by molar-refractivity contribution is 0.696. The monoisotopic (exact) mass is 222 g/mol. The first-order chi connectivity index (χ1) is 8.45. The first-order valence-corrected chi connectivity index (χ1v) is 5.83. The SMILES string of the molecule is C1=CC(C(c2ccccc2)c2ccc[nH]2)N=C1. The Labute approximate surface area is 101 Å². The van der Waals surface area contributed by atoms with Crippen molar-refractivity contribution in [1.29, 1.82) is 0 Å². The minimum absolute atomic E-state index is 0.205. The van der Waals surface area contributed by atoms with Gasteiger partial charge in [0.2, 0.25) is 0 Å². The number of nitrogens with zero attached hydrogens (tertiary/aromatic N) is 1. The Hall–Kier alpha value is -2.09. The van der Waals surface area contributed by atoms with Gasteiger partial charge in [-0.1, -0.05) is 36.4 Å². The van der Waals surface area contributed by atoms with Crippen LogP contribution in [0.3, 0.4) is 0 Å². The molecular weight excluding hydrogens is 208 g/mol. The van der Waals surface area contributed by atoms with Gasteiger partial charge >= 0.3 is 0 Å². The molecule has 1 aliphatic rings. The van der Waals surface area contributed by atoms with E-state index in [9.17, 15) is 0 Å². The zero-order valence-electron chi connectivity index (χ0n) is 9.45. The van der Waals surface area contributed by atoms with Gasteiger partial charge < -0.3 is 4.98 Å². The molecule has 2 aromatic rings. The summed E-state index contributed by atoms with van der Waals surface area (Å²) in [6.07, 6.45) is 8.01. The molecule has 0 spiro atoms. The van der Waals surface area contributed by atoms with Gasteiger partial charge in [0.25, 0.3) is 0 Å². The Morgan fingerprint density at radius 1 is 1.06 bits per heavy atom. The number of nitrogens with one attached hydrogen (secondary N) is 1. The summed E-state index contributed by atoms with van der Waals surface area (Å²) in [5.74, 6) is 0.279. The second-order valence-electron chi connectivity index (χ2n) is 4.19. The Bertz CT molecular complexity index is 511. The summed E-state index contributed by atoms with van der Waals surface area (Å²) in [7, 11) is 0. The molecule has 2 atom stereocenters. The van der Waals surface area contributed by atoms with Crippen LogP contribution in [0.4, 0.5) is 0 Å². The second-order valence-corrected chi connectivity index (χ2v) is 4.19. The van der Waals surface area contributed by atoms with E-state index in [0.717, 1.165) is 0 Å². The number of rotatable bonds is 3. The highest BCUT2D eigenvalue weighted by Crippen LogP contribution is 2.30. The summed E-state index contributed by atoms with van der Waals surface area (Å²) in [5.41, 5.74) is 2.51. The highest BCUT2D eigenvalue weighted by molar-refractivity contribution is 5.74. The third-order valence-electron chi connectivity index (χ3n) is 3.11. The fourth-order valence-electron chi connectivity index (χ4n) is 2.32. The predicted octanol–water partition coefficient (Wildman–Crippen LogP) is 3.16. The molecule has 0 radical (unpaired) electrons. The van der Waals surface area contributed by atoms with E-state index >= 15 is 0 Å². The average molecular weight is 222 g/mol. The number of aliphatic imine (C=N–C) groups is 1. The first kappa shape index (κ1) is 10.1. The van der Waals surface area contributed by atoms with E-state index in [1.807, 2.05) is 30.6 Å². The molecule has 1 N–H and O–H groups in total. The lowest BCUT2D eigenvalue weighted by Gasteiger charge is -2.19. The van der Waals surface area contributed by atoms with Gasteiger partial charge in [-0.3, -0.25) is 4.99 Å². The van der Waals surface area contributed by atoms with Crippen molar-refractivity contribution in [3.8, 4) is 0 Å². The van der Waals surface area contributed by atoms with E-state index in [2.05, 4.69) is 46.4 Å². The number of aromatic nitrogens is 1. The van der Waals surface area contributed by atoms with Gasteiger partial charge in [-0.2, -0.15) is 0 Å². The zero-order valence-corrected chi connectivity index (χ0v) is 9.45. The molecule has 1 aliphatic heterocycles. The predicted molar refractivity (Wildman–Crippen MR) is 70.5 cm³/mol. The molecule has 1 aromatic heterocycles. The minimum Gasteiger partial charge on any atom is -0.364 e. The number of allylic oxidation sites excluding steroid dienone is 1. The van der Waals surface area contributed by atoms with E-state index in [-0.39, 0.29) is 12.0 Å². The summed E-state index contributed by atoms with van der Waals surface area (Å²) in [4.78, 5) is 7.82. The molecule has 0 fully saturated rings. The first-order valence-electron chi connectivity index (χ1n) is 5.83. The smallest absolute Gasteiger partial charge is 0.0806 e. The molecule has 84 valence electrons. The van der Waals surface area contributed by atoms with Crippen molar-refractivity contribution < 1.29 is 0 Å². The van der Waals surface area contributed by atoms with Gasteiger partial charge in [0.15, 0.2) is 0 Å². The highest BCUT2D eigenvalue weighted by Gasteiger charge is 2.23. The molecule has 2 nitrogen and oxygen atoms in total. The number of hydrogen-bond acceptors (Lipinski definition) is 1. The van der Waals surface area contributed by atoms with Crippen molar-refractivity contribution >= 4 is 6.21 Å². The Morgan fingerprint density at radius 2 is 1.94 bits per heavy atom. The van der Waals surface area contributed by atoms with Crippen molar-refractivity contribution in [3.05, 3.63) is 72.1 Å². The Morgan fingerprint density at radius 3 is 2.59 bits per heavy atom. The normalized spacial score (nSPS) is 19.6. The maximum absolute atomic E-state index is 4.51. The van der Waals surface area contributed by atoms with E-state index in [1.165, 1.54) is 11.3 Å². The van der Waals surface area contributed by atoms with Gasteiger partial charge in [-0.25, -0.2) is 0 Å². The van der Waals surface area contributed by atoms with Gasteiger partial charge in [0, 0.05) is 18.1 Å². The standard InChI is InChI=1S/C15H14N2/c1-2-6-12(7-3-1)15(13-8-4-10-16-13)14-9-5-11-17-14/h1-11,13,15,17H. The van der Waals surface area contributed by atoms with E-state index in [0.29, 0.717) is 0 Å². The largest absolute Gasteiger partial charge is 0.364 e. The van der Waals surface area contributed by atoms with Crippen LogP contribution in [0, 0.1) is 0 Å². The van der Waals surface area contributed by atoms with Gasteiger partial charge in [-0.15, -0.1) is 0 Å². The summed E-state index contributed by atoms with van der Waals surface area (Å²) < 4.78 is 0. The van der Waals surface area contributed by atoms with Crippen LogP contribution in [0.25, 0.3) is 0 Å². The van der Waals surface area contributed by atoms with Crippen LogP contribution in [0.15, 0.2) is 65.8 Å². The maximum Gasteiger partial charge on any atom is 0.0806 e. The molecule has 0 bridgehead atoms. The minimum atomic E-state index is 0.205. The maximum atomic E-state index is 4.51. The molecule has 0 saturated heterocycles. The quantitative estimate of drug-likeness (QED) is 0.826. The van der Waals surface area contributed by atoms with Gasteiger partial charge in [0.1, 0.15) is 0 Å². The van der Waals surface area contributed by atoms with Crippen LogP contribution >= 0.6 is 0 Å². The van der Waals surface area contributed by atoms with Crippen LogP contribution in [0.1, 0.15) is 17.2 Å².